The van der Waals surface area contributed by atoms with Gasteiger partial charge in [-0.1, -0.05) is 158 Å². The fourth-order valence-corrected chi connectivity index (χ4v) is 9.67. The highest BCUT2D eigenvalue weighted by molar-refractivity contribution is 6.16. The number of rotatable bonds is 6. The summed E-state index contributed by atoms with van der Waals surface area (Å²) in [4.78, 5) is 10.7. The van der Waals surface area contributed by atoms with Crippen LogP contribution >= 0.6 is 0 Å². The summed E-state index contributed by atoms with van der Waals surface area (Å²) >= 11 is 0. The van der Waals surface area contributed by atoms with E-state index in [-0.39, 0.29) is 0 Å². The van der Waals surface area contributed by atoms with Gasteiger partial charge in [-0.25, -0.2) is 9.98 Å². The third-order valence-corrected chi connectivity index (χ3v) is 12.6. The first-order chi connectivity index (χ1) is 31.2. The second-order valence-electron chi connectivity index (χ2n) is 16.2. The topological polar surface area (TPSA) is 59.8 Å². The van der Waals surface area contributed by atoms with Crippen LogP contribution in [0.2, 0.25) is 0 Å². The third kappa shape index (κ3) is 5.65. The Balaban J connectivity index is 1.02. The maximum Gasteiger partial charge on any atom is 0.161 e. The van der Waals surface area contributed by atoms with Crippen molar-refractivity contribution in [2.75, 3.05) is 0 Å². The van der Waals surface area contributed by atoms with Gasteiger partial charge in [0.25, 0.3) is 0 Å². The largest absolute Gasteiger partial charge is 0.456 e. The normalized spacial score (nSPS) is 14.2. The van der Waals surface area contributed by atoms with Crippen LogP contribution in [0.25, 0.3) is 88.1 Å². The first kappa shape index (κ1) is 35.3. The van der Waals surface area contributed by atoms with Gasteiger partial charge >= 0.3 is 0 Å². The first-order valence-corrected chi connectivity index (χ1v) is 21.4. The number of aromatic nitrogens is 2. The Morgan fingerprint density at radius 1 is 0.413 bits per heavy atom. The summed E-state index contributed by atoms with van der Waals surface area (Å²) in [6.07, 6.45) is -0.417. The number of benzene rings is 9. The molecule has 0 saturated carbocycles. The van der Waals surface area contributed by atoms with E-state index >= 15 is 0 Å². The average Bonchev–Trinajstić information content (AvgIpc) is 4.01. The molecule has 1 aliphatic heterocycles. The highest BCUT2D eigenvalue weighted by Gasteiger charge is 2.25. The molecule has 0 spiro atoms. The molecule has 1 N–H and O–H groups in total. The molecule has 1 unspecified atom stereocenters. The zero-order valence-corrected chi connectivity index (χ0v) is 34.0. The van der Waals surface area contributed by atoms with Crippen LogP contribution in [0.15, 0.2) is 227 Å². The summed E-state index contributed by atoms with van der Waals surface area (Å²) in [7, 11) is 0. The number of aliphatic imine (C=N–C) groups is 2. The van der Waals surface area contributed by atoms with Crippen molar-refractivity contribution in [3.8, 4) is 22.5 Å². The van der Waals surface area contributed by atoms with Crippen LogP contribution in [0.5, 0.6) is 0 Å². The summed E-state index contributed by atoms with van der Waals surface area (Å²) in [6, 6.07) is 75.2. The summed E-state index contributed by atoms with van der Waals surface area (Å²) in [5.41, 5.74) is 13.6. The van der Waals surface area contributed by atoms with E-state index in [0.29, 0.717) is 5.84 Å². The molecule has 0 aliphatic carbocycles. The Hall–Kier alpha value is -8.48. The van der Waals surface area contributed by atoms with Crippen LogP contribution in [0.3, 0.4) is 0 Å². The highest BCUT2D eigenvalue weighted by Crippen LogP contribution is 2.39. The molecule has 13 rings (SSSR count). The molecule has 1 aliphatic rings. The lowest BCUT2D eigenvalue weighted by Crippen LogP contribution is -2.33. The summed E-state index contributed by atoms with van der Waals surface area (Å²) in [5, 5.41) is 10.7. The molecule has 6 heteroatoms. The van der Waals surface area contributed by atoms with Crippen molar-refractivity contribution in [1.82, 2.24) is 14.5 Å². The highest BCUT2D eigenvalue weighted by atomic mass is 16.3. The standard InChI is InChI=1S/C57H37N5O/c1-3-15-36(16-4-1)38-27-30-43-41-19-7-11-23-48(41)61(51(43)33-38)40-29-32-44-42-20-8-12-24-49(42)62(52(44)35-40)50-25-13-9-22-47(50)57-59-55(37-17-5-2-6-18-37)58-56(60-57)39-28-31-46-45-21-10-14-26-53(45)63-54(46)34-39/h1-35,56H,(H,58,59,60). The number of fused-ring (bicyclic) bond motifs is 9. The van der Waals surface area contributed by atoms with E-state index in [0.717, 1.165) is 66.9 Å². The second-order valence-corrected chi connectivity index (χ2v) is 16.2. The number of nitrogens with one attached hydrogen (secondary N) is 1. The average molecular weight is 808 g/mol. The Morgan fingerprint density at radius 2 is 1.00 bits per heavy atom. The molecule has 296 valence electrons. The van der Waals surface area contributed by atoms with Crippen molar-refractivity contribution in [3.63, 3.8) is 0 Å². The van der Waals surface area contributed by atoms with Crippen LogP contribution in [0.1, 0.15) is 22.9 Å². The van der Waals surface area contributed by atoms with Crippen molar-refractivity contribution in [1.29, 1.82) is 0 Å². The molecular weight excluding hydrogens is 771 g/mol. The van der Waals surface area contributed by atoms with Crippen LogP contribution in [0.4, 0.5) is 0 Å². The molecule has 6 nitrogen and oxygen atoms in total. The molecule has 0 saturated heterocycles. The van der Waals surface area contributed by atoms with E-state index in [4.69, 9.17) is 14.4 Å². The smallest absolute Gasteiger partial charge is 0.161 e. The maximum atomic E-state index is 6.35. The maximum absolute atomic E-state index is 6.35. The van der Waals surface area contributed by atoms with Crippen molar-refractivity contribution in [2.45, 2.75) is 6.17 Å². The van der Waals surface area contributed by atoms with Gasteiger partial charge in [-0.2, -0.15) is 0 Å². The Morgan fingerprint density at radius 3 is 1.79 bits per heavy atom. The minimum Gasteiger partial charge on any atom is -0.456 e. The zero-order valence-electron chi connectivity index (χ0n) is 34.0. The van der Waals surface area contributed by atoms with Crippen LogP contribution in [-0.4, -0.2) is 20.8 Å². The lowest BCUT2D eigenvalue weighted by Gasteiger charge is -2.24. The third-order valence-electron chi connectivity index (χ3n) is 12.6. The predicted molar refractivity (Wildman–Crippen MR) is 260 cm³/mol. The molecule has 3 aromatic heterocycles. The zero-order chi connectivity index (χ0) is 41.4. The van der Waals surface area contributed by atoms with E-state index in [1.165, 1.54) is 43.7 Å². The van der Waals surface area contributed by atoms with Gasteiger partial charge in [0.05, 0.1) is 27.8 Å². The lowest BCUT2D eigenvalue weighted by molar-refractivity contribution is 0.655. The SMILES string of the molecule is c1ccc(C2=NC(c3ccccc3-n3c4ccccc4c4ccc(-n5c6ccccc6c6ccc(-c7ccccc7)cc65)cc43)=NC(c3ccc4c(c3)oc3ccccc34)N2)cc1. The molecule has 0 bridgehead atoms. The quantitative estimate of drug-likeness (QED) is 0.182. The minimum absolute atomic E-state index is 0.417. The van der Waals surface area contributed by atoms with E-state index in [1.54, 1.807) is 0 Å². The molecular formula is C57H37N5O. The van der Waals surface area contributed by atoms with Crippen LogP contribution in [0, 0.1) is 0 Å². The van der Waals surface area contributed by atoms with Gasteiger partial charge in [-0.15, -0.1) is 0 Å². The van der Waals surface area contributed by atoms with Gasteiger partial charge < -0.3 is 18.9 Å². The Labute approximate surface area is 362 Å². The summed E-state index contributed by atoms with van der Waals surface area (Å²) < 4.78 is 11.2. The number of amidine groups is 2. The number of para-hydroxylation sites is 4. The van der Waals surface area contributed by atoms with Crippen LogP contribution in [-0.2, 0) is 0 Å². The van der Waals surface area contributed by atoms with Gasteiger partial charge in [0.15, 0.2) is 5.84 Å². The Kier molecular flexibility index (Phi) is 7.87. The minimum atomic E-state index is -0.417. The van der Waals surface area contributed by atoms with Gasteiger partial charge in [0, 0.05) is 54.7 Å². The van der Waals surface area contributed by atoms with Gasteiger partial charge in [-0.3, -0.25) is 0 Å². The van der Waals surface area contributed by atoms with Gasteiger partial charge in [0.2, 0.25) is 0 Å². The summed E-state index contributed by atoms with van der Waals surface area (Å²) in [6.45, 7) is 0. The van der Waals surface area contributed by atoms with E-state index < -0.39 is 6.17 Å². The number of furan rings is 1. The molecule has 0 radical (unpaired) electrons. The summed E-state index contributed by atoms with van der Waals surface area (Å²) in [5.74, 6) is 1.41. The first-order valence-electron chi connectivity index (χ1n) is 21.4. The fraction of sp³-hybridized carbons (Fsp3) is 0.0175. The number of nitrogens with zero attached hydrogens (tertiary/aromatic N) is 4. The van der Waals surface area contributed by atoms with Gasteiger partial charge in [-0.05, 0) is 65.7 Å². The van der Waals surface area contributed by atoms with Crippen LogP contribution < -0.4 is 5.32 Å². The van der Waals surface area contributed by atoms with Crippen molar-refractivity contribution in [3.05, 3.63) is 229 Å². The lowest BCUT2D eigenvalue weighted by atomic mass is 10.0. The number of hydrogen-bond donors (Lipinski definition) is 1. The Bertz CT molecular complexity index is 3830. The molecule has 4 heterocycles. The van der Waals surface area contributed by atoms with E-state index in [9.17, 15) is 0 Å². The van der Waals surface area contributed by atoms with Gasteiger partial charge in [0.1, 0.15) is 23.2 Å². The van der Waals surface area contributed by atoms with E-state index in [1.807, 2.05) is 30.3 Å². The molecule has 9 aromatic carbocycles. The monoisotopic (exact) mass is 807 g/mol. The van der Waals surface area contributed by atoms with Crippen molar-refractivity contribution in [2.24, 2.45) is 9.98 Å². The van der Waals surface area contributed by atoms with Crippen molar-refractivity contribution >= 4 is 77.2 Å². The molecule has 0 amide bonds. The van der Waals surface area contributed by atoms with E-state index in [2.05, 4.69) is 196 Å². The fourth-order valence-electron chi connectivity index (χ4n) is 9.67. The molecule has 1 atom stereocenters. The second kappa shape index (κ2) is 14.0. The predicted octanol–water partition coefficient (Wildman–Crippen LogP) is 13.9. The number of hydrogen-bond acceptors (Lipinski definition) is 4. The molecule has 63 heavy (non-hydrogen) atoms. The van der Waals surface area contributed by atoms with Crippen molar-refractivity contribution < 1.29 is 4.42 Å². The molecule has 12 aromatic rings. The molecule has 0 fully saturated rings.